The van der Waals surface area contributed by atoms with E-state index in [4.69, 9.17) is 0 Å². The highest BCUT2D eigenvalue weighted by atomic mass is 32.2. The molecule has 0 aliphatic heterocycles. The molecule has 1 aromatic heterocycles. The molecule has 1 aliphatic carbocycles. The molecule has 0 amide bonds. The van der Waals surface area contributed by atoms with E-state index in [1.807, 2.05) is 0 Å². The number of hydrogen-bond acceptors (Lipinski definition) is 4. The van der Waals surface area contributed by atoms with Crippen LogP contribution in [0.15, 0.2) is 17.1 Å². The minimum absolute atomic E-state index is 0.00423. The van der Waals surface area contributed by atoms with Gasteiger partial charge in [-0.15, -0.1) is 0 Å². The number of nitrogens with one attached hydrogen (secondary N) is 1. The lowest BCUT2D eigenvalue weighted by atomic mass is 9.93. The molecule has 2 rings (SSSR count). The first-order valence-electron chi connectivity index (χ1n) is 6.12. The summed E-state index contributed by atoms with van der Waals surface area (Å²) in [4.78, 5) is 11.8. The van der Waals surface area contributed by atoms with E-state index in [2.05, 4.69) is 16.7 Å². The van der Waals surface area contributed by atoms with Gasteiger partial charge in [-0.1, -0.05) is 0 Å². The third-order valence-electron chi connectivity index (χ3n) is 3.06. The first kappa shape index (κ1) is 12.5. The molecule has 5 heteroatoms. The molecule has 0 atom stereocenters. The number of rotatable bonds is 6. The highest BCUT2D eigenvalue weighted by Crippen LogP contribution is 2.21. The van der Waals surface area contributed by atoms with Crippen LogP contribution < -0.4 is 10.9 Å². The van der Waals surface area contributed by atoms with Crippen LogP contribution in [0.1, 0.15) is 25.7 Å². The maximum atomic E-state index is 11.8. The molecule has 1 heterocycles. The SMILES string of the molecule is CSCCCn1ncc(NC2CCC2)cc1=O. The quantitative estimate of drug-likeness (QED) is 0.787. The smallest absolute Gasteiger partial charge is 0.268 e. The number of nitrogens with zero attached hydrogens (tertiary/aromatic N) is 2. The number of thioether (sulfide) groups is 1. The summed E-state index contributed by atoms with van der Waals surface area (Å²) in [5.74, 6) is 1.07. The van der Waals surface area contributed by atoms with Gasteiger partial charge < -0.3 is 5.32 Å². The molecule has 0 spiro atoms. The third-order valence-corrected chi connectivity index (χ3v) is 3.76. The molecule has 1 aromatic rings. The second-order valence-electron chi connectivity index (χ2n) is 4.42. The van der Waals surface area contributed by atoms with Gasteiger partial charge in [-0.05, 0) is 37.7 Å². The van der Waals surface area contributed by atoms with Gasteiger partial charge in [0, 0.05) is 18.7 Å². The van der Waals surface area contributed by atoms with Crippen LogP contribution in [0.2, 0.25) is 0 Å². The largest absolute Gasteiger partial charge is 0.381 e. The van der Waals surface area contributed by atoms with Gasteiger partial charge >= 0.3 is 0 Å². The van der Waals surface area contributed by atoms with Gasteiger partial charge in [-0.2, -0.15) is 16.9 Å². The van der Waals surface area contributed by atoms with E-state index < -0.39 is 0 Å². The molecule has 0 aromatic carbocycles. The fraction of sp³-hybridized carbons (Fsp3) is 0.667. The zero-order valence-corrected chi connectivity index (χ0v) is 11.0. The number of anilines is 1. The highest BCUT2D eigenvalue weighted by molar-refractivity contribution is 7.98. The molecule has 1 aliphatic rings. The fourth-order valence-corrected chi connectivity index (χ4v) is 2.25. The highest BCUT2D eigenvalue weighted by Gasteiger charge is 2.17. The maximum absolute atomic E-state index is 11.8. The Morgan fingerprint density at radius 2 is 2.41 bits per heavy atom. The van der Waals surface area contributed by atoms with Crippen molar-refractivity contribution in [3.8, 4) is 0 Å². The van der Waals surface area contributed by atoms with Crippen molar-refractivity contribution < 1.29 is 0 Å². The molecule has 17 heavy (non-hydrogen) atoms. The van der Waals surface area contributed by atoms with Crippen LogP contribution in [0.5, 0.6) is 0 Å². The number of hydrogen-bond donors (Lipinski definition) is 1. The third kappa shape index (κ3) is 3.49. The topological polar surface area (TPSA) is 46.9 Å². The Morgan fingerprint density at radius 1 is 1.59 bits per heavy atom. The summed E-state index contributed by atoms with van der Waals surface area (Å²) >= 11 is 1.79. The van der Waals surface area contributed by atoms with Gasteiger partial charge in [-0.3, -0.25) is 4.79 Å². The molecule has 0 bridgehead atoms. The number of aryl methyl sites for hydroxylation is 1. The fourth-order valence-electron chi connectivity index (χ4n) is 1.83. The summed E-state index contributed by atoms with van der Waals surface area (Å²) in [6.45, 7) is 0.712. The molecular formula is C12H19N3OS. The lowest BCUT2D eigenvalue weighted by Crippen LogP contribution is -2.29. The zero-order valence-electron chi connectivity index (χ0n) is 10.2. The molecule has 94 valence electrons. The van der Waals surface area contributed by atoms with E-state index in [1.54, 1.807) is 28.7 Å². The van der Waals surface area contributed by atoms with Crippen LogP contribution in [-0.4, -0.2) is 27.8 Å². The number of aromatic nitrogens is 2. The van der Waals surface area contributed by atoms with Crippen molar-refractivity contribution >= 4 is 17.4 Å². The van der Waals surface area contributed by atoms with Crippen molar-refractivity contribution in [1.29, 1.82) is 0 Å². The van der Waals surface area contributed by atoms with Gasteiger partial charge in [0.05, 0.1) is 11.9 Å². The maximum Gasteiger partial charge on any atom is 0.268 e. The van der Waals surface area contributed by atoms with E-state index in [0.717, 1.165) is 17.9 Å². The summed E-state index contributed by atoms with van der Waals surface area (Å²) in [7, 11) is 0. The molecule has 4 nitrogen and oxygen atoms in total. The molecule has 0 radical (unpaired) electrons. The van der Waals surface area contributed by atoms with Gasteiger partial charge in [0.1, 0.15) is 0 Å². The van der Waals surface area contributed by atoms with Crippen LogP contribution in [0.4, 0.5) is 5.69 Å². The summed E-state index contributed by atoms with van der Waals surface area (Å²) in [6, 6.07) is 2.20. The van der Waals surface area contributed by atoms with E-state index >= 15 is 0 Å². The Balaban J connectivity index is 1.93. The van der Waals surface area contributed by atoms with Crippen LogP contribution in [0.3, 0.4) is 0 Å². The molecule has 0 unspecified atom stereocenters. The normalized spacial score (nSPS) is 15.6. The first-order chi connectivity index (χ1) is 8.29. The summed E-state index contributed by atoms with van der Waals surface area (Å²) in [5, 5.41) is 7.53. The predicted octanol–water partition coefficient (Wildman–Crippen LogP) is 1.96. The van der Waals surface area contributed by atoms with Crippen molar-refractivity contribution in [1.82, 2.24) is 9.78 Å². The van der Waals surface area contributed by atoms with E-state index in [-0.39, 0.29) is 5.56 Å². The average molecular weight is 253 g/mol. The monoisotopic (exact) mass is 253 g/mol. The Bertz CT molecular complexity index is 414. The molecular weight excluding hydrogens is 234 g/mol. The summed E-state index contributed by atoms with van der Waals surface area (Å²) in [6.07, 6.45) is 8.52. The minimum atomic E-state index is -0.00423. The Kier molecular flexibility index (Phi) is 4.48. The lowest BCUT2D eigenvalue weighted by Gasteiger charge is -2.27. The Labute approximate surface area is 106 Å². The first-order valence-corrected chi connectivity index (χ1v) is 7.51. The molecule has 1 saturated carbocycles. The standard InChI is InChI=1S/C12H19N3OS/c1-17-7-3-6-15-12(16)8-11(9-13-15)14-10-4-2-5-10/h8-10,14H,2-7H2,1H3. The van der Waals surface area contributed by atoms with Gasteiger partial charge in [0.2, 0.25) is 0 Å². The second kappa shape index (κ2) is 6.10. The van der Waals surface area contributed by atoms with Crippen LogP contribution in [0.25, 0.3) is 0 Å². The second-order valence-corrected chi connectivity index (χ2v) is 5.41. The van der Waals surface area contributed by atoms with Crippen LogP contribution >= 0.6 is 11.8 Å². The van der Waals surface area contributed by atoms with Gasteiger partial charge in [0.25, 0.3) is 5.56 Å². The van der Waals surface area contributed by atoms with Crippen LogP contribution in [-0.2, 0) is 6.54 Å². The average Bonchev–Trinajstić information content (AvgIpc) is 2.27. The molecule has 1 N–H and O–H groups in total. The predicted molar refractivity (Wildman–Crippen MR) is 72.8 cm³/mol. The Hall–Kier alpha value is -0.970. The van der Waals surface area contributed by atoms with Gasteiger partial charge in [0.15, 0.2) is 0 Å². The zero-order chi connectivity index (χ0) is 12.1. The van der Waals surface area contributed by atoms with Crippen molar-refractivity contribution in [2.45, 2.75) is 38.3 Å². The summed E-state index contributed by atoms with van der Waals surface area (Å²) in [5.41, 5.74) is 0.858. The van der Waals surface area contributed by atoms with Crippen molar-refractivity contribution in [3.63, 3.8) is 0 Å². The van der Waals surface area contributed by atoms with Crippen molar-refractivity contribution in [2.24, 2.45) is 0 Å². The van der Waals surface area contributed by atoms with Gasteiger partial charge in [-0.25, -0.2) is 4.68 Å². The molecule has 1 fully saturated rings. The Morgan fingerprint density at radius 3 is 3.00 bits per heavy atom. The van der Waals surface area contributed by atoms with E-state index in [9.17, 15) is 4.79 Å². The van der Waals surface area contributed by atoms with E-state index in [1.165, 1.54) is 19.3 Å². The minimum Gasteiger partial charge on any atom is -0.381 e. The van der Waals surface area contributed by atoms with Crippen LogP contribution in [0, 0.1) is 0 Å². The van der Waals surface area contributed by atoms with Crippen molar-refractivity contribution in [2.75, 3.05) is 17.3 Å². The summed E-state index contributed by atoms with van der Waals surface area (Å²) < 4.78 is 1.54. The molecule has 0 saturated heterocycles. The van der Waals surface area contributed by atoms with E-state index in [0.29, 0.717) is 12.6 Å². The van der Waals surface area contributed by atoms with Crippen molar-refractivity contribution in [3.05, 3.63) is 22.6 Å². The lowest BCUT2D eigenvalue weighted by molar-refractivity contribution is 0.445.